The van der Waals surface area contributed by atoms with E-state index in [1.807, 2.05) is 13.0 Å². The number of phenolic OH excluding ortho intramolecular Hbond substituents is 1. The summed E-state index contributed by atoms with van der Waals surface area (Å²) in [7, 11) is 0. The fourth-order valence-corrected chi connectivity index (χ4v) is 1.84. The Morgan fingerprint density at radius 1 is 1.21 bits per heavy atom. The molecule has 0 aliphatic heterocycles. The van der Waals surface area contributed by atoms with E-state index in [-0.39, 0.29) is 17.7 Å². The molecular weight excluding hydrogens is 240 g/mol. The number of carbonyl (C=O) groups is 1. The second-order valence-electron chi connectivity index (χ2n) is 4.42. The number of rotatable bonds is 3. The van der Waals surface area contributed by atoms with Gasteiger partial charge in [-0.05, 0) is 42.8 Å². The molecule has 2 rings (SSSR count). The van der Waals surface area contributed by atoms with E-state index in [0.717, 1.165) is 5.56 Å². The average molecular weight is 256 g/mol. The molecule has 0 saturated heterocycles. The van der Waals surface area contributed by atoms with Crippen LogP contribution >= 0.6 is 0 Å². The fourth-order valence-electron chi connectivity index (χ4n) is 1.84. The molecule has 4 N–H and O–H groups in total. The van der Waals surface area contributed by atoms with Gasteiger partial charge in [0, 0.05) is 11.3 Å². The smallest absolute Gasteiger partial charge is 0.251 e. The van der Waals surface area contributed by atoms with Crippen molar-refractivity contribution in [3.8, 4) is 5.75 Å². The summed E-state index contributed by atoms with van der Waals surface area (Å²) in [6, 6.07) is 13.4. The van der Waals surface area contributed by atoms with Gasteiger partial charge < -0.3 is 16.2 Å². The van der Waals surface area contributed by atoms with Crippen LogP contribution in [0.1, 0.15) is 28.9 Å². The zero-order chi connectivity index (χ0) is 13.8. The maximum atomic E-state index is 12.0. The van der Waals surface area contributed by atoms with Gasteiger partial charge in [0.15, 0.2) is 0 Å². The van der Waals surface area contributed by atoms with E-state index in [0.29, 0.717) is 11.3 Å². The Morgan fingerprint density at radius 3 is 2.63 bits per heavy atom. The molecule has 0 bridgehead atoms. The van der Waals surface area contributed by atoms with Crippen molar-refractivity contribution in [2.24, 2.45) is 0 Å². The van der Waals surface area contributed by atoms with Gasteiger partial charge in [-0.1, -0.05) is 18.2 Å². The number of benzene rings is 2. The summed E-state index contributed by atoms with van der Waals surface area (Å²) in [6.07, 6.45) is 0. The molecule has 0 radical (unpaired) electrons. The van der Waals surface area contributed by atoms with E-state index < -0.39 is 0 Å². The normalized spacial score (nSPS) is 11.8. The van der Waals surface area contributed by atoms with Crippen molar-refractivity contribution in [2.45, 2.75) is 13.0 Å². The minimum atomic E-state index is -0.193. The van der Waals surface area contributed by atoms with Gasteiger partial charge in [-0.3, -0.25) is 4.79 Å². The molecule has 19 heavy (non-hydrogen) atoms. The lowest BCUT2D eigenvalue weighted by Crippen LogP contribution is -2.26. The highest BCUT2D eigenvalue weighted by Crippen LogP contribution is 2.18. The first-order valence-electron chi connectivity index (χ1n) is 6.01. The lowest BCUT2D eigenvalue weighted by molar-refractivity contribution is 0.0940. The van der Waals surface area contributed by atoms with Crippen molar-refractivity contribution in [3.05, 3.63) is 59.7 Å². The highest BCUT2D eigenvalue weighted by atomic mass is 16.3. The van der Waals surface area contributed by atoms with E-state index in [4.69, 9.17) is 5.73 Å². The van der Waals surface area contributed by atoms with Crippen LogP contribution in [0.4, 0.5) is 5.69 Å². The highest BCUT2D eigenvalue weighted by Gasteiger charge is 2.11. The van der Waals surface area contributed by atoms with Crippen LogP contribution in [0.15, 0.2) is 48.5 Å². The standard InChI is InChI=1S/C15H16N2O2/c1-10(11-4-3-7-14(18)9-11)17-15(19)12-5-2-6-13(16)8-12/h2-10,18H,16H2,1H3,(H,17,19). The van der Waals surface area contributed by atoms with Crippen LogP contribution in [0.25, 0.3) is 0 Å². The first-order chi connectivity index (χ1) is 9.06. The summed E-state index contributed by atoms with van der Waals surface area (Å²) in [6.45, 7) is 1.86. The lowest BCUT2D eigenvalue weighted by Gasteiger charge is -2.14. The van der Waals surface area contributed by atoms with Crippen LogP contribution < -0.4 is 11.1 Å². The zero-order valence-corrected chi connectivity index (χ0v) is 10.6. The average Bonchev–Trinajstić information content (AvgIpc) is 2.38. The Bertz CT molecular complexity index is 596. The van der Waals surface area contributed by atoms with Gasteiger partial charge in [0.1, 0.15) is 5.75 Å². The third-order valence-corrected chi connectivity index (χ3v) is 2.87. The Hall–Kier alpha value is -2.49. The second kappa shape index (κ2) is 5.44. The molecule has 1 amide bonds. The molecule has 4 heteroatoms. The van der Waals surface area contributed by atoms with E-state index in [9.17, 15) is 9.90 Å². The number of amides is 1. The number of aromatic hydroxyl groups is 1. The largest absolute Gasteiger partial charge is 0.508 e. The summed E-state index contributed by atoms with van der Waals surface area (Å²) < 4.78 is 0. The van der Waals surface area contributed by atoms with Gasteiger partial charge in [-0.25, -0.2) is 0 Å². The Kier molecular flexibility index (Phi) is 3.71. The van der Waals surface area contributed by atoms with Crippen molar-refractivity contribution < 1.29 is 9.90 Å². The number of nitrogen functional groups attached to an aromatic ring is 1. The molecule has 0 aromatic heterocycles. The number of nitrogens with one attached hydrogen (secondary N) is 1. The number of hydrogen-bond donors (Lipinski definition) is 3. The van der Waals surface area contributed by atoms with Gasteiger partial charge in [-0.2, -0.15) is 0 Å². The number of phenols is 1. The molecule has 0 heterocycles. The minimum Gasteiger partial charge on any atom is -0.508 e. The topological polar surface area (TPSA) is 75.4 Å². The summed E-state index contributed by atoms with van der Waals surface area (Å²) in [5.74, 6) is -0.00861. The van der Waals surface area contributed by atoms with Gasteiger partial charge in [0.25, 0.3) is 5.91 Å². The third kappa shape index (κ3) is 3.25. The van der Waals surface area contributed by atoms with Crippen molar-refractivity contribution >= 4 is 11.6 Å². The first kappa shape index (κ1) is 13.0. The first-order valence-corrected chi connectivity index (χ1v) is 6.01. The maximum absolute atomic E-state index is 12.0. The van der Waals surface area contributed by atoms with E-state index in [1.165, 1.54) is 0 Å². The molecule has 1 atom stereocenters. The molecule has 2 aromatic carbocycles. The van der Waals surface area contributed by atoms with Crippen molar-refractivity contribution in [3.63, 3.8) is 0 Å². The van der Waals surface area contributed by atoms with E-state index in [2.05, 4.69) is 5.32 Å². The van der Waals surface area contributed by atoms with Crippen LogP contribution in [0.2, 0.25) is 0 Å². The molecule has 1 unspecified atom stereocenters. The van der Waals surface area contributed by atoms with Crippen LogP contribution in [-0.4, -0.2) is 11.0 Å². The quantitative estimate of drug-likeness (QED) is 0.738. The number of anilines is 1. The zero-order valence-electron chi connectivity index (χ0n) is 10.6. The summed E-state index contributed by atoms with van der Waals surface area (Å²) in [5, 5.41) is 12.3. The molecule has 0 fully saturated rings. The molecular formula is C15H16N2O2. The van der Waals surface area contributed by atoms with Gasteiger partial charge in [0.05, 0.1) is 6.04 Å². The summed E-state index contributed by atoms with van der Waals surface area (Å²) in [5.41, 5.74) is 7.56. The van der Waals surface area contributed by atoms with Crippen molar-refractivity contribution in [1.82, 2.24) is 5.32 Å². The number of hydrogen-bond acceptors (Lipinski definition) is 3. The lowest BCUT2D eigenvalue weighted by atomic mass is 10.1. The number of nitrogens with two attached hydrogens (primary N) is 1. The third-order valence-electron chi connectivity index (χ3n) is 2.87. The van der Waals surface area contributed by atoms with Crippen molar-refractivity contribution in [1.29, 1.82) is 0 Å². The van der Waals surface area contributed by atoms with Crippen molar-refractivity contribution in [2.75, 3.05) is 5.73 Å². The molecule has 0 aliphatic rings. The predicted molar refractivity (Wildman–Crippen MR) is 74.8 cm³/mol. The van der Waals surface area contributed by atoms with Gasteiger partial charge >= 0.3 is 0 Å². The summed E-state index contributed by atoms with van der Waals surface area (Å²) in [4.78, 5) is 12.0. The van der Waals surface area contributed by atoms with E-state index >= 15 is 0 Å². The highest BCUT2D eigenvalue weighted by molar-refractivity contribution is 5.95. The second-order valence-corrected chi connectivity index (χ2v) is 4.42. The fraction of sp³-hybridized carbons (Fsp3) is 0.133. The Morgan fingerprint density at radius 2 is 1.95 bits per heavy atom. The van der Waals surface area contributed by atoms with Crippen LogP contribution in [0.5, 0.6) is 5.75 Å². The van der Waals surface area contributed by atoms with Gasteiger partial charge in [-0.15, -0.1) is 0 Å². The molecule has 0 spiro atoms. The Labute approximate surface area is 111 Å². The monoisotopic (exact) mass is 256 g/mol. The van der Waals surface area contributed by atoms with E-state index in [1.54, 1.807) is 42.5 Å². The molecule has 2 aromatic rings. The van der Waals surface area contributed by atoms with Gasteiger partial charge in [0.2, 0.25) is 0 Å². The molecule has 0 saturated carbocycles. The maximum Gasteiger partial charge on any atom is 0.251 e. The SMILES string of the molecule is CC(NC(=O)c1cccc(N)c1)c1cccc(O)c1. The summed E-state index contributed by atoms with van der Waals surface area (Å²) >= 11 is 0. The van der Waals surface area contributed by atoms with Crippen LogP contribution in [0, 0.1) is 0 Å². The predicted octanol–water partition coefficient (Wildman–Crippen LogP) is 2.47. The molecule has 4 nitrogen and oxygen atoms in total. The molecule has 0 aliphatic carbocycles. The minimum absolute atomic E-state index is 0.183. The number of carbonyl (C=O) groups excluding carboxylic acids is 1. The van der Waals surface area contributed by atoms with Crippen LogP contribution in [0.3, 0.4) is 0 Å². The molecule has 98 valence electrons. The van der Waals surface area contributed by atoms with Crippen LogP contribution in [-0.2, 0) is 0 Å². The Balaban J connectivity index is 2.11.